The number of hydrogen-bond donors (Lipinski definition) is 0. The van der Waals surface area contributed by atoms with Crippen LogP contribution >= 0.6 is 0 Å². The number of fused-ring (bicyclic) bond motifs is 1. The SMILES string of the molecule is COc1ccc2oc(C(=O)N3CCCC[C@H]3C)c(C)c2c1. The molecule has 2 aromatic rings. The molecule has 0 radical (unpaired) electrons. The molecule has 4 heteroatoms. The van der Waals surface area contributed by atoms with E-state index >= 15 is 0 Å². The van der Waals surface area contributed by atoms with Crippen LogP contribution in [0.15, 0.2) is 22.6 Å². The summed E-state index contributed by atoms with van der Waals surface area (Å²) in [7, 11) is 1.64. The third-order valence-electron chi connectivity index (χ3n) is 4.40. The first-order valence-corrected chi connectivity index (χ1v) is 7.50. The molecule has 112 valence electrons. The molecule has 1 aliphatic heterocycles. The lowest BCUT2D eigenvalue weighted by atomic mass is 10.0. The topological polar surface area (TPSA) is 42.7 Å². The summed E-state index contributed by atoms with van der Waals surface area (Å²) < 4.78 is 11.1. The summed E-state index contributed by atoms with van der Waals surface area (Å²) in [5.41, 5.74) is 1.63. The van der Waals surface area contributed by atoms with Crippen molar-refractivity contribution in [3.63, 3.8) is 0 Å². The highest BCUT2D eigenvalue weighted by atomic mass is 16.5. The first-order chi connectivity index (χ1) is 10.1. The molecule has 1 atom stereocenters. The highest BCUT2D eigenvalue weighted by molar-refractivity contribution is 5.99. The van der Waals surface area contributed by atoms with Gasteiger partial charge in [-0.25, -0.2) is 0 Å². The first kappa shape index (κ1) is 14.0. The van der Waals surface area contributed by atoms with E-state index in [9.17, 15) is 4.79 Å². The Morgan fingerprint density at radius 1 is 1.38 bits per heavy atom. The van der Waals surface area contributed by atoms with E-state index in [-0.39, 0.29) is 11.9 Å². The van der Waals surface area contributed by atoms with Gasteiger partial charge >= 0.3 is 0 Å². The van der Waals surface area contributed by atoms with Gasteiger partial charge in [0.05, 0.1) is 7.11 Å². The molecule has 1 saturated heterocycles. The molecule has 0 N–H and O–H groups in total. The number of nitrogens with zero attached hydrogens (tertiary/aromatic N) is 1. The van der Waals surface area contributed by atoms with E-state index in [1.54, 1.807) is 7.11 Å². The van der Waals surface area contributed by atoms with Crippen molar-refractivity contribution in [3.8, 4) is 5.75 Å². The molecule has 2 heterocycles. The number of furan rings is 1. The van der Waals surface area contributed by atoms with Gasteiger partial charge in [-0.3, -0.25) is 4.79 Å². The third kappa shape index (κ3) is 2.39. The number of piperidine rings is 1. The van der Waals surface area contributed by atoms with E-state index in [0.29, 0.717) is 5.76 Å². The fraction of sp³-hybridized carbons (Fsp3) is 0.471. The lowest BCUT2D eigenvalue weighted by Crippen LogP contribution is -2.42. The Labute approximate surface area is 124 Å². The zero-order valence-corrected chi connectivity index (χ0v) is 12.8. The molecule has 1 fully saturated rings. The Balaban J connectivity index is 2.00. The van der Waals surface area contributed by atoms with Crippen molar-refractivity contribution >= 4 is 16.9 Å². The number of benzene rings is 1. The Morgan fingerprint density at radius 3 is 2.90 bits per heavy atom. The van der Waals surface area contributed by atoms with Gasteiger partial charge in [0.1, 0.15) is 11.3 Å². The van der Waals surface area contributed by atoms with Gasteiger partial charge in [-0.15, -0.1) is 0 Å². The molecule has 0 spiro atoms. The summed E-state index contributed by atoms with van der Waals surface area (Å²) in [5.74, 6) is 1.25. The second kappa shape index (κ2) is 5.43. The Kier molecular flexibility index (Phi) is 3.62. The van der Waals surface area contributed by atoms with Crippen LogP contribution in [0.25, 0.3) is 11.0 Å². The molecule has 3 rings (SSSR count). The van der Waals surface area contributed by atoms with Crippen LogP contribution in [0.3, 0.4) is 0 Å². The number of hydrogen-bond acceptors (Lipinski definition) is 3. The van der Waals surface area contributed by atoms with Crippen molar-refractivity contribution in [1.82, 2.24) is 4.90 Å². The highest BCUT2D eigenvalue weighted by Crippen LogP contribution is 2.30. The van der Waals surface area contributed by atoms with E-state index in [2.05, 4.69) is 6.92 Å². The maximum Gasteiger partial charge on any atom is 0.290 e. The Hall–Kier alpha value is -1.97. The summed E-state index contributed by atoms with van der Waals surface area (Å²) in [6, 6.07) is 5.92. The smallest absolute Gasteiger partial charge is 0.290 e. The van der Waals surface area contributed by atoms with Crippen molar-refractivity contribution in [3.05, 3.63) is 29.5 Å². The van der Waals surface area contributed by atoms with Gasteiger partial charge in [0.15, 0.2) is 5.76 Å². The van der Waals surface area contributed by atoms with Crippen LogP contribution in [0, 0.1) is 6.92 Å². The summed E-state index contributed by atoms with van der Waals surface area (Å²) in [5, 5.41) is 0.947. The van der Waals surface area contributed by atoms with Crippen LogP contribution in [0.4, 0.5) is 0 Å². The van der Waals surface area contributed by atoms with Gasteiger partial charge in [-0.05, 0) is 51.3 Å². The second-order valence-electron chi connectivity index (χ2n) is 5.76. The van der Waals surface area contributed by atoms with Crippen LogP contribution < -0.4 is 4.74 Å². The summed E-state index contributed by atoms with van der Waals surface area (Å²) in [6.07, 6.45) is 3.34. The summed E-state index contributed by atoms with van der Waals surface area (Å²) >= 11 is 0. The molecule has 1 amide bonds. The average molecular weight is 287 g/mol. The molecule has 0 aliphatic carbocycles. The fourth-order valence-corrected chi connectivity index (χ4v) is 3.06. The highest BCUT2D eigenvalue weighted by Gasteiger charge is 2.28. The maximum absolute atomic E-state index is 12.8. The number of methoxy groups -OCH3 is 1. The fourth-order valence-electron chi connectivity index (χ4n) is 3.06. The largest absolute Gasteiger partial charge is 0.497 e. The summed E-state index contributed by atoms with van der Waals surface area (Å²) in [4.78, 5) is 14.7. The predicted molar refractivity (Wildman–Crippen MR) is 81.9 cm³/mol. The van der Waals surface area contributed by atoms with Crippen molar-refractivity contribution in [1.29, 1.82) is 0 Å². The van der Waals surface area contributed by atoms with E-state index in [1.807, 2.05) is 30.0 Å². The standard InChI is InChI=1S/C17H21NO3/c1-11-6-4-5-9-18(11)17(19)16-12(2)14-10-13(20-3)7-8-15(14)21-16/h7-8,10-11H,4-6,9H2,1-3H3/t11-/m1/s1. The Morgan fingerprint density at radius 2 is 2.19 bits per heavy atom. The monoisotopic (exact) mass is 287 g/mol. The number of carbonyl (C=O) groups excluding carboxylic acids is 1. The van der Waals surface area contributed by atoms with Crippen LogP contribution in [0.2, 0.25) is 0 Å². The van der Waals surface area contributed by atoms with Gasteiger partial charge in [-0.2, -0.15) is 0 Å². The van der Waals surface area contributed by atoms with Crippen LogP contribution in [0.5, 0.6) is 5.75 Å². The van der Waals surface area contributed by atoms with Crippen LogP contribution in [-0.4, -0.2) is 30.5 Å². The van der Waals surface area contributed by atoms with E-state index in [1.165, 1.54) is 6.42 Å². The van der Waals surface area contributed by atoms with Crippen molar-refractivity contribution < 1.29 is 13.9 Å². The summed E-state index contributed by atoms with van der Waals surface area (Å²) in [6.45, 7) is 4.87. The molecular formula is C17H21NO3. The van der Waals surface area contributed by atoms with Crippen LogP contribution in [-0.2, 0) is 0 Å². The lowest BCUT2D eigenvalue weighted by molar-refractivity contribution is 0.0604. The molecule has 21 heavy (non-hydrogen) atoms. The number of aryl methyl sites for hydroxylation is 1. The van der Waals surface area contributed by atoms with Crippen molar-refractivity contribution in [2.24, 2.45) is 0 Å². The number of rotatable bonds is 2. The number of likely N-dealkylation sites (tertiary alicyclic amines) is 1. The molecule has 1 aliphatic rings. The maximum atomic E-state index is 12.8. The van der Waals surface area contributed by atoms with Gasteiger partial charge in [0.25, 0.3) is 5.91 Å². The number of amides is 1. The number of carbonyl (C=O) groups is 1. The zero-order valence-electron chi connectivity index (χ0n) is 12.8. The van der Waals surface area contributed by atoms with Gasteiger partial charge in [0.2, 0.25) is 0 Å². The molecular weight excluding hydrogens is 266 g/mol. The zero-order chi connectivity index (χ0) is 15.0. The lowest BCUT2D eigenvalue weighted by Gasteiger charge is -2.32. The molecule has 1 aromatic heterocycles. The quantitative estimate of drug-likeness (QED) is 0.844. The molecule has 4 nitrogen and oxygen atoms in total. The van der Waals surface area contributed by atoms with Gasteiger partial charge in [0, 0.05) is 23.5 Å². The van der Waals surface area contributed by atoms with Crippen molar-refractivity contribution in [2.45, 2.75) is 39.2 Å². The minimum absolute atomic E-state index is 0.00914. The van der Waals surface area contributed by atoms with E-state index in [0.717, 1.165) is 41.7 Å². The minimum atomic E-state index is 0.00914. The van der Waals surface area contributed by atoms with E-state index in [4.69, 9.17) is 9.15 Å². The molecule has 0 saturated carbocycles. The molecule has 0 bridgehead atoms. The third-order valence-corrected chi connectivity index (χ3v) is 4.40. The van der Waals surface area contributed by atoms with Gasteiger partial charge in [-0.1, -0.05) is 0 Å². The average Bonchev–Trinajstić information content (AvgIpc) is 2.83. The first-order valence-electron chi connectivity index (χ1n) is 7.50. The van der Waals surface area contributed by atoms with Crippen LogP contribution in [0.1, 0.15) is 42.3 Å². The predicted octanol–water partition coefficient (Wildman–Crippen LogP) is 3.76. The normalized spacial score (nSPS) is 19.0. The number of ether oxygens (including phenoxy) is 1. The second-order valence-corrected chi connectivity index (χ2v) is 5.76. The van der Waals surface area contributed by atoms with E-state index < -0.39 is 0 Å². The Bertz CT molecular complexity index is 674. The van der Waals surface area contributed by atoms with Gasteiger partial charge < -0.3 is 14.1 Å². The molecule has 0 unspecified atom stereocenters. The molecule has 1 aromatic carbocycles. The van der Waals surface area contributed by atoms with Crippen molar-refractivity contribution in [2.75, 3.05) is 13.7 Å². The minimum Gasteiger partial charge on any atom is -0.497 e.